The quantitative estimate of drug-likeness (QED) is 0.640. The monoisotopic (exact) mass is 374 g/mol. The third-order valence-corrected chi connectivity index (χ3v) is 3.54. The maximum absolute atomic E-state index is 13.7. The van der Waals surface area contributed by atoms with Gasteiger partial charge in [0, 0.05) is 15.6 Å². The number of hydrogen-bond acceptors (Lipinski definition) is 4. The summed E-state index contributed by atoms with van der Waals surface area (Å²) in [6, 6.07) is 12.1. The first kappa shape index (κ1) is 15.4. The summed E-state index contributed by atoms with van der Waals surface area (Å²) >= 11 is 3.41. The molecule has 23 heavy (non-hydrogen) atoms. The van der Waals surface area contributed by atoms with Gasteiger partial charge in [0.25, 0.3) is 0 Å². The summed E-state index contributed by atoms with van der Waals surface area (Å²) in [6.07, 6.45) is 4.59. The molecule has 3 rings (SSSR count). The lowest BCUT2D eigenvalue weighted by atomic mass is 10.2. The molecule has 0 aliphatic carbocycles. The van der Waals surface area contributed by atoms with Gasteiger partial charge in [0.2, 0.25) is 0 Å². The summed E-state index contributed by atoms with van der Waals surface area (Å²) in [5.41, 5.74) is 1.25. The van der Waals surface area contributed by atoms with Crippen molar-refractivity contribution in [3.05, 3.63) is 76.5 Å². The van der Waals surface area contributed by atoms with Crippen molar-refractivity contribution in [3.8, 4) is 5.75 Å². The molecule has 3 aromatic rings. The predicted octanol–water partition coefficient (Wildman–Crippen LogP) is 3.64. The van der Waals surface area contributed by atoms with E-state index in [-0.39, 0.29) is 12.4 Å². The molecule has 0 radical (unpaired) electrons. The number of nitrogens with zero attached hydrogens (tertiary/aromatic N) is 4. The van der Waals surface area contributed by atoms with Crippen molar-refractivity contribution in [3.63, 3.8) is 0 Å². The van der Waals surface area contributed by atoms with Crippen LogP contribution >= 0.6 is 15.9 Å². The summed E-state index contributed by atoms with van der Waals surface area (Å²) in [4.78, 5) is 0. The second-order valence-electron chi connectivity index (χ2n) is 4.65. The Morgan fingerprint density at radius 2 is 1.96 bits per heavy atom. The highest BCUT2D eigenvalue weighted by atomic mass is 79.9. The third-order valence-electron chi connectivity index (χ3n) is 3.05. The van der Waals surface area contributed by atoms with Crippen LogP contribution in [0.3, 0.4) is 0 Å². The maximum atomic E-state index is 13.7. The molecule has 7 heteroatoms. The minimum Gasteiger partial charge on any atom is -0.488 e. The molecule has 1 heterocycles. The van der Waals surface area contributed by atoms with Gasteiger partial charge < -0.3 is 4.74 Å². The molecular weight excluding hydrogens is 363 g/mol. The van der Waals surface area contributed by atoms with Crippen LogP contribution in [0.2, 0.25) is 0 Å². The molecule has 0 fully saturated rings. The lowest BCUT2D eigenvalue weighted by Gasteiger charge is -2.10. The van der Waals surface area contributed by atoms with Crippen molar-refractivity contribution in [2.75, 3.05) is 0 Å². The molecule has 0 saturated carbocycles. The van der Waals surface area contributed by atoms with E-state index < -0.39 is 0 Å². The lowest BCUT2D eigenvalue weighted by molar-refractivity contribution is 0.299. The molecule has 0 N–H and O–H groups in total. The van der Waals surface area contributed by atoms with Crippen LogP contribution in [0.4, 0.5) is 4.39 Å². The van der Waals surface area contributed by atoms with Gasteiger partial charge in [-0.05, 0) is 24.3 Å². The first-order valence-corrected chi connectivity index (χ1v) is 7.56. The van der Waals surface area contributed by atoms with Gasteiger partial charge in [0.1, 0.15) is 30.8 Å². The first-order valence-electron chi connectivity index (χ1n) is 6.77. The van der Waals surface area contributed by atoms with E-state index in [2.05, 4.69) is 31.2 Å². The Labute approximate surface area is 140 Å². The molecule has 0 unspecified atom stereocenters. The third kappa shape index (κ3) is 4.01. The van der Waals surface area contributed by atoms with Gasteiger partial charge >= 0.3 is 0 Å². The van der Waals surface area contributed by atoms with Crippen molar-refractivity contribution < 1.29 is 9.13 Å². The van der Waals surface area contributed by atoms with Gasteiger partial charge in [0.15, 0.2) is 0 Å². The predicted molar refractivity (Wildman–Crippen MR) is 87.9 cm³/mol. The standard InChI is InChI=1S/C16H12BrFN4O/c17-14-5-6-16(23-9-12-3-1-2-4-15(12)18)13(7-14)8-21-22-10-19-20-11-22/h1-8,10-11H,9H2/b21-8+. The van der Waals surface area contributed by atoms with E-state index in [1.165, 1.54) is 23.4 Å². The molecule has 5 nitrogen and oxygen atoms in total. The van der Waals surface area contributed by atoms with Gasteiger partial charge in [0.05, 0.1) is 6.21 Å². The summed E-state index contributed by atoms with van der Waals surface area (Å²) < 4.78 is 21.8. The molecular formula is C16H12BrFN4O. The van der Waals surface area contributed by atoms with Crippen LogP contribution in [-0.4, -0.2) is 21.1 Å². The van der Waals surface area contributed by atoms with Crippen LogP contribution in [-0.2, 0) is 6.61 Å². The molecule has 1 aromatic heterocycles. The van der Waals surface area contributed by atoms with Gasteiger partial charge in [-0.25, -0.2) is 9.07 Å². The van der Waals surface area contributed by atoms with Crippen LogP contribution in [0, 0.1) is 5.82 Å². The zero-order valence-corrected chi connectivity index (χ0v) is 13.5. The molecule has 2 aromatic carbocycles. The Hall–Kier alpha value is -2.54. The van der Waals surface area contributed by atoms with Crippen LogP contribution < -0.4 is 4.74 Å². The minimum atomic E-state index is -0.288. The van der Waals surface area contributed by atoms with Crippen LogP contribution in [0.15, 0.2) is 64.7 Å². The van der Waals surface area contributed by atoms with Crippen molar-refractivity contribution in [1.82, 2.24) is 14.9 Å². The molecule has 116 valence electrons. The second-order valence-corrected chi connectivity index (χ2v) is 5.56. The SMILES string of the molecule is Fc1ccccc1COc1ccc(Br)cc1/C=N/n1cnnc1. The fourth-order valence-corrected chi connectivity index (χ4v) is 2.29. The van der Waals surface area contributed by atoms with E-state index in [0.29, 0.717) is 11.3 Å². The Morgan fingerprint density at radius 3 is 2.74 bits per heavy atom. The van der Waals surface area contributed by atoms with E-state index >= 15 is 0 Å². The largest absolute Gasteiger partial charge is 0.488 e. The normalized spacial score (nSPS) is 11.0. The molecule has 0 aliphatic heterocycles. The minimum absolute atomic E-state index is 0.141. The smallest absolute Gasteiger partial charge is 0.141 e. The van der Waals surface area contributed by atoms with Crippen LogP contribution in [0.1, 0.15) is 11.1 Å². The van der Waals surface area contributed by atoms with E-state index in [1.54, 1.807) is 30.5 Å². The number of hydrogen-bond donors (Lipinski definition) is 0. The lowest BCUT2D eigenvalue weighted by Crippen LogP contribution is -2.01. The highest BCUT2D eigenvalue weighted by molar-refractivity contribution is 9.10. The number of ether oxygens (including phenoxy) is 1. The molecule has 0 amide bonds. The van der Waals surface area contributed by atoms with Crippen molar-refractivity contribution in [2.45, 2.75) is 6.61 Å². The molecule has 0 spiro atoms. The number of benzene rings is 2. The highest BCUT2D eigenvalue weighted by Gasteiger charge is 2.06. The summed E-state index contributed by atoms with van der Waals surface area (Å²) in [6.45, 7) is 0.141. The highest BCUT2D eigenvalue weighted by Crippen LogP contribution is 2.23. The Balaban J connectivity index is 1.80. The van der Waals surface area contributed by atoms with E-state index in [0.717, 1.165) is 10.0 Å². The Bertz CT molecular complexity index is 821. The summed E-state index contributed by atoms with van der Waals surface area (Å²) in [7, 11) is 0. The molecule has 0 aliphatic rings. The maximum Gasteiger partial charge on any atom is 0.141 e. The average molecular weight is 375 g/mol. The van der Waals surface area contributed by atoms with Gasteiger partial charge in [-0.2, -0.15) is 5.10 Å². The average Bonchev–Trinajstić information content (AvgIpc) is 3.07. The zero-order valence-electron chi connectivity index (χ0n) is 11.9. The molecule has 0 bridgehead atoms. The van der Waals surface area contributed by atoms with Gasteiger partial charge in [-0.1, -0.05) is 34.1 Å². The van der Waals surface area contributed by atoms with Gasteiger partial charge in [-0.3, -0.25) is 0 Å². The molecule has 0 saturated heterocycles. The number of rotatable bonds is 5. The van der Waals surface area contributed by atoms with Crippen molar-refractivity contribution in [1.29, 1.82) is 0 Å². The van der Waals surface area contributed by atoms with E-state index in [1.807, 2.05) is 12.1 Å². The van der Waals surface area contributed by atoms with Crippen LogP contribution in [0.25, 0.3) is 0 Å². The topological polar surface area (TPSA) is 52.3 Å². The second kappa shape index (κ2) is 7.15. The van der Waals surface area contributed by atoms with E-state index in [4.69, 9.17) is 4.74 Å². The number of aromatic nitrogens is 3. The van der Waals surface area contributed by atoms with Crippen molar-refractivity contribution in [2.24, 2.45) is 5.10 Å². The zero-order chi connectivity index (χ0) is 16.1. The molecule has 0 atom stereocenters. The fraction of sp³-hybridized carbons (Fsp3) is 0.0625. The Kier molecular flexibility index (Phi) is 4.77. The summed E-state index contributed by atoms with van der Waals surface area (Å²) in [5.74, 6) is 0.317. The van der Waals surface area contributed by atoms with Gasteiger partial charge in [-0.15, -0.1) is 10.2 Å². The van der Waals surface area contributed by atoms with Crippen LogP contribution in [0.5, 0.6) is 5.75 Å². The first-order chi connectivity index (χ1) is 11.2. The van der Waals surface area contributed by atoms with Crippen molar-refractivity contribution >= 4 is 22.1 Å². The number of halogens is 2. The Morgan fingerprint density at radius 1 is 1.17 bits per heavy atom. The fourth-order valence-electron chi connectivity index (χ4n) is 1.91. The summed E-state index contributed by atoms with van der Waals surface area (Å²) in [5, 5.41) is 11.6. The van der Waals surface area contributed by atoms with E-state index in [9.17, 15) is 4.39 Å².